The van der Waals surface area contributed by atoms with Crippen molar-refractivity contribution in [3.05, 3.63) is 22.4 Å². The third-order valence-electron chi connectivity index (χ3n) is 4.89. The van der Waals surface area contributed by atoms with Crippen LogP contribution in [0.1, 0.15) is 17.7 Å². The van der Waals surface area contributed by atoms with Crippen molar-refractivity contribution in [3.8, 4) is 0 Å². The van der Waals surface area contributed by atoms with E-state index in [-0.39, 0.29) is 5.54 Å². The lowest BCUT2D eigenvalue weighted by atomic mass is 9.87. The van der Waals surface area contributed by atoms with Gasteiger partial charge in [0.05, 0.1) is 6.54 Å². The van der Waals surface area contributed by atoms with E-state index in [9.17, 15) is 9.59 Å². The quantitative estimate of drug-likeness (QED) is 0.745. The number of thiophene rings is 1. The van der Waals surface area contributed by atoms with Crippen molar-refractivity contribution in [2.24, 2.45) is 0 Å². The molecule has 0 radical (unpaired) electrons. The van der Waals surface area contributed by atoms with Gasteiger partial charge in [0.25, 0.3) is 0 Å². The minimum absolute atomic E-state index is 0.0804. The second kappa shape index (κ2) is 9.02. The minimum Gasteiger partial charge on any atom is -0.381 e. The molecule has 8 heteroatoms. The van der Waals surface area contributed by atoms with Crippen LogP contribution in [0.25, 0.3) is 0 Å². The highest BCUT2D eigenvalue weighted by atomic mass is 32.2. The molecule has 2 N–H and O–H groups in total. The summed E-state index contributed by atoms with van der Waals surface area (Å²) in [6.07, 6.45) is 1.80. The van der Waals surface area contributed by atoms with E-state index in [2.05, 4.69) is 15.5 Å². The molecule has 2 fully saturated rings. The van der Waals surface area contributed by atoms with Gasteiger partial charge in [-0.3, -0.25) is 14.5 Å². The van der Waals surface area contributed by atoms with E-state index in [1.165, 1.54) is 0 Å². The van der Waals surface area contributed by atoms with E-state index in [4.69, 9.17) is 4.74 Å². The Morgan fingerprint density at radius 1 is 1.16 bits per heavy atom. The highest BCUT2D eigenvalue weighted by Gasteiger charge is 2.39. The average molecular weight is 384 g/mol. The van der Waals surface area contributed by atoms with Crippen LogP contribution in [-0.2, 0) is 20.9 Å². The third kappa shape index (κ3) is 4.97. The van der Waals surface area contributed by atoms with Gasteiger partial charge in [0.1, 0.15) is 0 Å². The van der Waals surface area contributed by atoms with Crippen molar-refractivity contribution in [1.82, 2.24) is 15.5 Å². The fraction of sp³-hybridized carbons (Fsp3) is 0.647. The van der Waals surface area contributed by atoms with Crippen LogP contribution in [0.3, 0.4) is 0 Å². The standard InChI is InChI=1S/C17H25N3O3S2/c21-15(18-12-14-2-1-9-25-14)16(22)19-13-17(3-7-23-8-4-17)20-5-10-24-11-6-20/h1-2,9H,3-8,10-13H2,(H,18,21)(H,19,22). The van der Waals surface area contributed by atoms with Crippen LogP contribution in [-0.4, -0.2) is 66.6 Å². The number of amides is 2. The maximum Gasteiger partial charge on any atom is 0.309 e. The maximum absolute atomic E-state index is 12.2. The van der Waals surface area contributed by atoms with Crippen LogP contribution >= 0.6 is 23.1 Å². The average Bonchev–Trinajstić information content (AvgIpc) is 3.19. The van der Waals surface area contributed by atoms with Crippen molar-refractivity contribution >= 4 is 34.9 Å². The van der Waals surface area contributed by atoms with E-state index < -0.39 is 11.8 Å². The Kier molecular flexibility index (Phi) is 6.75. The van der Waals surface area contributed by atoms with E-state index in [1.807, 2.05) is 29.3 Å². The molecule has 0 atom stereocenters. The van der Waals surface area contributed by atoms with E-state index >= 15 is 0 Å². The summed E-state index contributed by atoms with van der Waals surface area (Å²) in [5.41, 5.74) is -0.0804. The molecule has 0 unspecified atom stereocenters. The summed E-state index contributed by atoms with van der Waals surface area (Å²) in [7, 11) is 0. The predicted molar refractivity (Wildman–Crippen MR) is 101 cm³/mol. The Hall–Kier alpha value is -1.09. The molecule has 2 aliphatic heterocycles. The van der Waals surface area contributed by atoms with Crippen molar-refractivity contribution in [1.29, 1.82) is 0 Å². The first-order valence-electron chi connectivity index (χ1n) is 8.69. The molecule has 0 aromatic carbocycles. The summed E-state index contributed by atoms with van der Waals surface area (Å²) in [6, 6.07) is 3.87. The summed E-state index contributed by atoms with van der Waals surface area (Å²) in [5.74, 6) is 1.13. The molecule has 2 saturated heterocycles. The molecular weight excluding hydrogens is 358 g/mol. The Labute approximate surface area is 156 Å². The SMILES string of the molecule is O=C(NCc1cccs1)C(=O)NCC1(N2CCSCC2)CCOCC1. The number of nitrogens with one attached hydrogen (secondary N) is 2. The molecule has 0 aliphatic carbocycles. The van der Waals surface area contributed by atoms with Crippen molar-refractivity contribution in [2.45, 2.75) is 24.9 Å². The minimum atomic E-state index is -0.565. The van der Waals surface area contributed by atoms with Gasteiger partial charge in [-0.2, -0.15) is 11.8 Å². The highest BCUT2D eigenvalue weighted by Crippen LogP contribution is 2.29. The molecular formula is C17H25N3O3S2. The van der Waals surface area contributed by atoms with Crippen LogP contribution in [0.15, 0.2) is 17.5 Å². The maximum atomic E-state index is 12.2. The first-order chi connectivity index (χ1) is 12.2. The molecule has 1 aromatic rings. The zero-order chi connectivity index (χ0) is 17.5. The molecule has 6 nitrogen and oxygen atoms in total. The van der Waals surface area contributed by atoms with Crippen molar-refractivity contribution in [2.75, 3.05) is 44.4 Å². The van der Waals surface area contributed by atoms with Crippen LogP contribution in [0.2, 0.25) is 0 Å². The van der Waals surface area contributed by atoms with Crippen LogP contribution in [0.5, 0.6) is 0 Å². The van der Waals surface area contributed by atoms with Gasteiger partial charge in [0, 0.05) is 54.8 Å². The second-order valence-electron chi connectivity index (χ2n) is 6.38. The van der Waals surface area contributed by atoms with Crippen LogP contribution in [0.4, 0.5) is 0 Å². The van der Waals surface area contributed by atoms with Gasteiger partial charge in [-0.15, -0.1) is 11.3 Å². The lowest BCUT2D eigenvalue weighted by molar-refractivity contribution is -0.140. The lowest BCUT2D eigenvalue weighted by Crippen LogP contribution is -2.61. The third-order valence-corrected chi connectivity index (χ3v) is 6.71. The number of nitrogens with zero attached hydrogens (tertiary/aromatic N) is 1. The number of ether oxygens (including phenoxy) is 1. The summed E-state index contributed by atoms with van der Waals surface area (Å²) >= 11 is 3.53. The number of rotatable bonds is 5. The zero-order valence-corrected chi connectivity index (χ0v) is 15.9. The van der Waals surface area contributed by atoms with E-state index in [0.29, 0.717) is 26.3 Å². The number of carbonyl (C=O) groups is 2. The molecule has 0 bridgehead atoms. The van der Waals surface area contributed by atoms with Gasteiger partial charge in [-0.1, -0.05) is 6.07 Å². The number of hydrogen-bond donors (Lipinski definition) is 2. The van der Waals surface area contributed by atoms with Gasteiger partial charge in [0.15, 0.2) is 0 Å². The second-order valence-corrected chi connectivity index (χ2v) is 8.64. The fourth-order valence-electron chi connectivity index (χ4n) is 3.38. The molecule has 2 amide bonds. The van der Waals surface area contributed by atoms with Gasteiger partial charge in [-0.25, -0.2) is 0 Å². The number of thioether (sulfide) groups is 1. The summed E-state index contributed by atoms with van der Waals surface area (Å²) in [5, 5.41) is 7.50. The topological polar surface area (TPSA) is 70.7 Å². The Bertz CT molecular complexity index is 568. The summed E-state index contributed by atoms with van der Waals surface area (Å²) in [4.78, 5) is 27.7. The zero-order valence-electron chi connectivity index (χ0n) is 14.3. The number of hydrogen-bond acceptors (Lipinski definition) is 6. The Balaban J connectivity index is 1.52. The molecule has 25 heavy (non-hydrogen) atoms. The molecule has 1 aromatic heterocycles. The Morgan fingerprint density at radius 2 is 1.88 bits per heavy atom. The van der Waals surface area contributed by atoms with Crippen molar-refractivity contribution < 1.29 is 14.3 Å². The first kappa shape index (κ1) is 18.7. The monoisotopic (exact) mass is 383 g/mol. The first-order valence-corrected chi connectivity index (χ1v) is 10.7. The van der Waals surface area contributed by atoms with Crippen LogP contribution in [0, 0.1) is 0 Å². The molecule has 0 spiro atoms. The molecule has 3 rings (SSSR count). The molecule has 3 heterocycles. The number of carbonyl (C=O) groups excluding carboxylic acids is 2. The van der Waals surface area contributed by atoms with Crippen LogP contribution < -0.4 is 10.6 Å². The van der Waals surface area contributed by atoms with E-state index in [1.54, 1.807) is 11.3 Å². The van der Waals surface area contributed by atoms with Gasteiger partial charge < -0.3 is 15.4 Å². The molecule has 0 saturated carbocycles. The van der Waals surface area contributed by atoms with E-state index in [0.717, 1.165) is 42.3 Å². The van der Waals surface area contributed by atoms with Crippen molar-refractivity contribution in [3.63, 3.8) is 0 Å². The van der Waals surface area contributed by atoms with Gasteiger partial charge in [0.2, 0.25) is 0 Å². The normalized spacial score (nSPS) is 20.8. The van der Waals surface area contributed by atoms with Gasteiger partial charge >= 0.3 is 11.8 Å². The van der Waals surface area contributed by atoms with Gasteiger partial charge in [-0.05, 0) is 24.3 Å². The molecule has 2 aliphatic rings. The highest BCUT2D eigenvalue weighted by molar-refractivity contribution is 7.99. The summed E-state index contributed by atoms with van der Waals surface area (Å²) in [6.45, 7) is 4.39. The predicted octanol–water partition coefficient (Wildman–Crippen LogP) is 1.08. The fourth-order valence-corrected chi connectivity index (χ4v) is 4.93. The Morgan fingerprint density at radius 3 is 2.56 bits per heavy atom. The lowest BCUT2D eigenvalue weighted by Gasteiger charge is -2.47. The molecule has 138 valence electrons. The summed E-state index contributed by atoms with van der Waals surface area (Å²) < 4.78 is 5.53. The largest absolute Gasteiger partial charge is 0.381 e. The smallest absolute Gasteiger partial charge is 0.309 e.